The molecule has 2 aromatic rings. The number of rotatable bonds is 6. The molecular weight excluding hydrogens is 372 g/mol. The van der Waals surface area contributed by atoms with Crippen LogP contribution in [0.4, 0.5) is 0 Å². The fourth-order valence-electron chi connectivity index (χ4n) is 2.95. The highest BCUT2D eigenvalue weighted by molar-refractivity contribution is 7.99. The van der Waals surface area contributed by atoms with E-state index < -0.39 is 0 Å². The van der Waals surface area contributed by atoms with Crippen LogP contribution in [0, 0.1) is 5.92 Å². The summed E-state index contributed by atoms with van der Waals surface area (Å²) < 4.78 is 12.2. The first kappa shape index (κ1) is 19.1. The molecule has 0 radical (unpaired) electrons. The van der Waals surface area contributed by atoms with Gasteiger partial charge in [-0.25, -0.2) is 4.98 Å². The van der Waals surface area contributed by atoms with E-state index in [4.69, 9.17) is 4.74 Å². The van der Waals surface area contributed by atoms with Crippen molar-refractivity contribution in [1.82, 2.24) is 9.55 Å². The van der Waals surface area contributed by atoms with Gasteiger partial charge >= 0.3 is 5.97 Å². The summed E-state index contributed by atoms with van der Waals surface area (Å²) in [5.41, 5.74) is 0.985. The molecule has 1 atom stereocenters. The quantitative estimate of drug-likeness (QED) is 0.325. The zero-order valence-electron chi connectivity index (χ0n) is 15.1. The number of carbonyl (C=O) groups is 1. The number of esters is 1. The Kier molecular flexibility index (Phi) is 5.84. The lowest BCUT2D eigenvalue weighted by atomic mass is 9.96. The summed E-state index contributed by atoms with van der Waals surface area (Å²) in [5.74, 6) is 0.138. The van der Waals surface area contributed by atoms with Crippen molar-refractivity contribution in [3.8, 4) is 0 Å². The average Bonchev–Trinajstić information content (AvgIpc) is 2.99. The number of aromatic nitrogens is 2. The molecule has 0 fully saturated rings. The minimum Gasteiger partial charge on any atom is -0.468 e. The Bertz CT molecular complexity index is 901. The Labute approximate surface area is 160 Å². The van der Waals surface area contributed by atoms with E-state index in [-0.39, 0.29) is 23.4 Å². The molecule has 8 heteroatoms. The lowest BCUT2D eigenvalue weighted by Crippen LogP contribution is -2.28. The van der Waals surface area contributed by atoms with Gasteiger partial charge in [0.15, 0.2) is 5.16 Å². The fourth-order valence-corrected chi connectivity index (χ4v) is 4.96. The predicted molar refractivity (Wildman–Crippen MR) is 104 cm³/mol. The molecule has 26 heavy (non-hydrogen) atoms. The van der Waals surface area contributed by atoms with E-state index in [1.54, 1.807) is 10.6 Å². The van der Waals surface area contributed by atoms with Crippen molar-refractivity contribution < 1.29 is 14.3 Å². The third kappa shape index (κ3) is 3.58. The number of allylic oxidation sites excluding steroid dienone is 1. The first-order valence-electron chi connectivity index (χ1n) is 8.43. The smallest absolute Gasteiger partial charge is 0.316 e. The molecule has 1 aliphatic rings. The number of ether oxygens (including phenoxy) is 2. The van der Waals surface area contributed by atoms with E-state index in [0.717, 1.165) is 16.9 Å². The van der Waals surface area contributed by atoms with Crippen LogP contribution in [-0.2, 0) is 33.8 Å². The van der Waals surface area contributed by atoms with Crippen LogP contribution >= 0.6 is 23.1 Å². The number of thioether (sulfide) groups is 1. The minimum atomic E-state index is -0.354. The molecule has 0 aromatic carbocycles. The largest absolute Gasteiger partial charge is 0.468 e. The molecule has 0 spiro atoms. The average molecular weight is 395 g/mol. The molecule has 0 bridgehead atoms. The van der Waals surface area contributed by atoms with E-state index >= 15 is 0 Å². The van der Waals surface area contributed by atoms with Crippen molar-refractivity contribution in [3.05, 3.63) is 33.4 Å². The fraction of sp³-hybridized carbons (Fsp3) is 0.500. The van der Waals surface area contributed by atoms with Crippen molar-refractivity contribution in [2.24, 2.45) is 5.92 Å². The Morgan fingerprint density at radius 1 is 1.58 bits per heavy atom. The highest BCUT2D eigenvalue weighted by atomic mass is 32.2. The number of methoxy groups -OCH3 is 1. The maximum atomic E-state index is 13.2. The summed E-state index contributed by atoms with van der Waals surface area (Å²) in [5, 5.41) is 1.19. The standard InChI is InChI=1S/C18H22N2O4S2/c1-5-6-20-17(22)15-11-7-12(10(2)3)24-8-13(11)26-16(15)19-18(20)25-9-14(21)23-4/h5,10,12H,1,6-9H2,2-4H3/t12-/m1/s1. The second-order valence-electron chi connectivity index (χ2n) is 6.45. The summed E-state index contributed by atoms with van der Waals surface area (Å²) in [6.07, 6.45) is 2.50. The van der Waals surface area contributed by atoms with E-state index in [1.165, 1.54) is 30.2 Å². The Morgan fingerprint density at radius 3 is 3.00 bits per heavy atom. The summed E-state index contributed by atoms with van der Waals surface area (Å²) >= 11 is 2.71. The number of nitrogens with zero attached hydrogens (tertiary/aromatic N) is 2. The molecule has 3 rings (SSSR count). The van der Waals surface area contributed by atoms with Crippen LogP contribution in [0.15, 0.2) is 22.6 Å². The van der Waals surface area contributed by atoms with Gasteiger partial charge in [0.1, 0.15) is 4.83 Å². The monoisotopic (exact) mass is 394 g/mol. The maximum Gasteiger partial charge on any atom is 0.316 e. The van der Waals surface area contributed by atoms with Gasteiger partial charge in [0.05, 0.1) is 31.0 Å². The Balaban J connectivity index is 2.09. The van der Waals surface area contributed by atoms with Gasteiger partial charge < -0.3 is 9.47 Å². The summed E-state index contributed by atoms with van der Waals surface area (Å²) in [6.45, 7) is 8.85. The topological polar surface area (TPSA) is 70.4 Å². The molecule has 0 saturated carbocycles. The first-order valence-corrected chi connectivity index (χ1v) is 10.2. The molecule has 0 N–H and O–H groups in total. The molecule has 0 amide bonds. The van der Waals surface area contributed by atoms with Crippen LogP contribution in [0.1, 0.15) is 24.3 Å². The molecule has 1 aliphatic heterocycles. The molecule has 140 valence electrons. The SMILES string of the molecule is C=CCn1c(SCC(=O)OC)nc2sc3c(c2c1=O)C[C@H](C(C)C)OC3. The van der Waals surface area contributed by atoms with Gasteiger partial charge in [-0.15, -0.1) is 17.9 Å². The lowest BCUT2D eigenvalue weighted by molar-refractivity contribution is -0.137. The number of hydrogen-bond donors (Lipinski definition) is 0. The van der Waals surface area contributed by atoms with Gasteiger partial charge in [-0.05, 0) is 11.5 Å². The van der Waals surface area contributed by atoms with Crippen LogP contribution in [0.2, 0.25) is 0 Å². The van der Waals surface area contributed by atoms with Crippen LogP contribution in [0.3, 0.4) is 0 Å². The van der Waals surface area contributed by atoms with Crippen molar-refractivity contribution in [3.63, 3.8) is 0 Å². The van der Waals surface area contributed by atoms with E-state index in [0.29, 0.717) is 34.4 Å². The summed E-state index contributed by atoms with van der Waals surface area (Å²) in [7, 11) is 1.34. The van der Waals surface area contributed by atoms with Gasteiger partial charge in [-0.1, -0.05) is 31.7 Å². The van der Waals surface area contributed by atoms with E-state index in [2.05, 4.69) is 30.1 Å². The molecule has 0 unspecified atom stereocenters. The van der Waals surface area contributed by atoms with Crippen LogP contribution in [0.5, 0.6) is 0 Å². The molecule has 0 aliphatic carbocycles. The summed E-state index contributed by atoms with van der Waals surface area (Å²) in [4.78, 5) is 31.1. The minimum absolute atomic E-state index is 0.0795. The van der Waals surface area contributed by atoms with Crippen LogP contribution < -0.4 is 5.56 Å². The number of thiophene rings is 1. The molecule has 3 heterocycles. The van der Waals surface area contributed by atoms with Gasteiger partial charge in [0, 0.05) is 17.8 Å². The first-order chi connectivity index (χ1) is 12.5. The van der Waals surface area contributed by atoms with Gasteiger partial charge in [-0.2, -0.15) is 0 Å². The van der Waals surface area contributed by atoms with E-state index in [9.17, 15) is 9.59 Å². The van der Waals surface area contributed by atoms with Gasteiger partial charge in [0.25, 0.3) is 5.56 Å². The van der Waals surface area contributed by atoms with Gasteiger partial charge in [-0.3, -0.25) is 14.2 Å². The van der Waals surface area contributed by atoms with Crippen molar-refractivity contribution >= 4 is 39.3 Å². The van der Waals surface area contributed by atoms with E-state index in [1.807, 2.05) is 0 Å². The van der Waals surface area contributed by atoms with Crippen LogP contribution in [-0.4, -0.2) is 34.5 Å². The molecule has 6 nitrogen and oxygen atoms in total. The number of hydrogen-bond acceptors (Lipinski definition) is 7. The lowest BCUT2D eigenvalue weighted by Gasteiger charge is -2.26. The molecule has 2 aromatic heterocycles. The third-order valence-electron chi connectivity index (χ3n) is 4.40. The third-order valence-corrected chi connectivity index (χ3v) is 6.44. The number of fused-ring (bicyclic) bond motifs is 3. The zero-order valence-corrected chi connectivity index (χ0v) is 16.7. The maximum absolute atomic E-state index is 13.2. The Morgan fingerprint density at radius 2 is 2.35 bits per heavy atom. The van der Waals surface area contributed by atoms with Gasteiger partial charge in [0.2, 0.25) is 0 Å². The normalized spacial score (nSPS) is 16.7. The van der Waals surface area contributed by atoms with Crippen molar-refractivity contribution in [2.75, 3.05) is 12.9 Å². The van der Waals surface area contributed by atoms with Crippen molar-refractivity contribution in [1.29, 1.82) is 0 Å². The zero-order chi connectivity index (χ0) is 18.8. The Hall–Kier alpha value is -1.64. The van der Waals surface area contributed by atoms with Crippen molar-refractivity contribution in [2.45, 2.75) is 44.7 Å². The molecular formula is C18H22N2O4S2. The predicted octanol–water partition coefficient (Wildman–Crippen LogP) is 3.01. The highest BCUT2D eigenvalue weighted by Gasteiger charge is 2.28. The van der Waals surface area contributed by atoms with Crippen LogP contribution in [0.25, 0.3) is 10.2 Å². The summed E-state index contributed by atoms with van der Waals surface area (Å²) in [6, 6.07) is 0. The molecule has 0 saturated heterocycles. The second-order valence-corrected chi connectivity index (χ2v) is 8.47. The highest BCUT2D eigenvalue weighted by Crippen LogP contribution is 2.35. The number of carbonyl (C=O) groups excluding carboxylic acids is 1. The second kappa shape index (κ2) is 7.94.